The standard InChI is InChI=1S/C24H27N3O5/c1-31-19-5-2-4-18(16-19)22(28)20-21(17-6-8-25-9-7-17)27(24(30)23(20)29)11-3-10-26-12-14-32-15-13-26/h2,4-9,16,21,28H,3,10-15H2,1H3/p+1. The number of rotatable bonds is 7. The van der Waals surface area contributed by atoms with Gasteiger partial charge in [-0.1, -0.05) is 12.1 Å². The summed E-state index contributed by atoms with van der Waals surface area (Å²) in [7, 11) is 1.53. The SMILES string of the molecule is COc1cccc(C(O)=C2C(=O)C(=O)N(CCC[NH+]3CCOCC3)C2c2ccncc2)c1. The summed E-state index contributed by atoms with van der Waals surface area (Å²) >= 11 is 0. The quantitative estimate of drug-likeness (QED) is 0.378. The highest BCUT2D eigenvalue weighted by atomic mass is 16.5. The number of hydrogen-bond donors (Lipinski definition) is 2. The normalized spacial score (nSPS) is 21.2. The van der Waals surface area contributed by atoms with Crippen LogP contribution < -0.4 is 9.64 Å². The Labute approximate surface area is 187 Å². The van der Waals surface area contributed by atoms with Crippen LogP contribution in [0.3, 0.4) is 0 Å². The molecule has 1 aromatic heterocycles. The number of carbonyl (C=O) groups is 2. The minimum atomic E-state index is -0.675. The average molecular weight is 439 g/mol. The number of ketones is 1. The van der Waals surface area contributed by atoms with Gasteiger partial charge in [-0.15, -0.1) is 0 Å². The number of pyridine rings is 1. The molecule has 2 N–H and O–H groups in total. The van der Waals surface area contributed by atoms with E-state index in [2.05, 4.69) is 4.98 Å². The first-order valence-corrected chi connectivity index (χ1v) is 10.8. The Balaban J connectivity index is 1.65. The molecule has 2 aliphatic heterocycles. The van der Waals surface area contributed by atoms with Crippen LogP contribution in [0.25, 0.3) is 5.76 Å². The summed E-state index contributed by atoms with van der Waals surface area (Å²) in [4.78, 5) is 33.1. The van der Waals surface area contributed by atoms with E-state index < -0.39 is 17.7 Å². The highest BCUT2D eigenvalue weighted by molar-refractivity contribution is 6.46. The second kappa shape index (κ2) is 9.93. The Morgan fingerprint density at radius 2 is 1.97 bits per heavy atom. The van der Waals surface area contributed by atoms with Crippen LogP contribution >= 0.6 is 0 Å². The van der Waals surface area contributed by atoms with Gasteiger partial charge in [0.1, 0.15) is 24.6 Å². The Morgan fingerprint density at radius 1 is 1.22 bits per heavy atom. The zero-order chi connectivity index (χ0) is 22.5. The molecule has 1 amide bonds. The van der Waals surface area contributed by atoms with E-state index in [0.29, 0.717) is 17.9 Å². The number of morpholine rings is 1. The van der Waals surface area contributed by atoms with Crippen molar-refractivity contribution in [2.45, 2.75) is 12.5 Å². The number of aliphatic hydroxyl groups is 1. The number of hydrogen-bond acceptors (Lipinski definition) is 6. The predicted molar refractivity (Wildman–Crippen MR) is 117 cm³/mol. The van der Waals surface area contributed by atoms with Crippen molar-refractivity contribution in [1.29, 1.82) is 0 Å². The molecule has 2 aromatic rings. The maximum atomic E-state index is 13.1. The number of aliphatic hydroxyl groups excluding tert-OH is 1. The second-order valence-corrected chi connectivity index (χ2v) is 7.97. The van der Waals surface area contributed by atoms with Gasteiger partial charge in [-0.2, -0.15) is 0 Å². The Bertz CT molecular complexity index is 1000. The third kappa shape index (κ3) is 4.51. The lowest BCUT2D eigenvalue weighted by Gasteiger charge is -2.27. The summed E-state index contributed by atoms with van der Waals surface area (Å²) in [5, 5.41) is 11.1. The summed E-state index contributed by atoms with van der Waals surface area (Å²) in [6.45, 7) is 4.71. The number of methoxy groups -OCH3 is 1. The fourth-order valence-corrected chi connectivity index (χ4v) is 4.34. The van der Waals surface area contributed by atoms with Crippen LogP contribution in [0.5, 0.6) is 5.75 Å². The van der Waals surface area contributed by atoms with Crippen molar-refractivity contribution in [3.8, 4) is 5.75 Å². The number of nitrogens with zero attached hydrogens (tertiary/aromatic N) is 2. The molecule has 3 heterocycles. The van der Waals surface area contributed by atoms with Crippen LogP contribution in [0, 0.1) is 0 Å². The summed E-state index contributed by atoms with van der Waals surface area (Å²) < 4.78 is 10.6. The summed E-state index contributed by atoms with van der Waals surface area (Å²) in [6, 6.07) is 9.71. The Kier molecular flexibility index (Phi) is 6.82. The van der Waals surface area contributed by atoms with Crippen LogP contribution in [0.15, 0.2) is 54.4 Å². The lowest BCUT2D eigenvalue weighted by atomic mass is 9.96. The van der Waals surface area contributed by atoms with E-state index in [1.54, 1.807) is 53.7 Å². The molecule has 1 unspecified atom stereocenters. The van der Waals surface area contributed by atoms with E-state index in [9.17, 15) is 14.7 Å². The monoisotopic (exact) mass is 438 g/mol. The molecule has 8 nitrogen and oxygen atoms in total. The smallest absolute Gasteiger partial charge is 0.295 e. The van der Waals surface area contributed by atoms with Crippen molar-refractivity contribution in [2.75, 3.05) is 46.5 Å². The van der Waals surface area contributed by atoms with Crippen molar-refractivity contribution in [1.82, 2.24) is 9.88 Å². The molecule has 0 bridgehead atoms. The zero-order valence-corrected chi connectivity index (χ0v) is 18.1. The Morgan fingerprint density at radius 3 is 2.69 bits per heavy atom. The van der Waals surface area contributed by atoms with Gasteiger partial charge in [0, 0.05) is 30.9 Å². The van der Waals surface area contributed by atoms with Crippen LogP contribution in [-0.2, 0) is 14.3 Å². The molecule has 168 valence electrons. The second-order valence-electron chi connectivity index (χ2n) is 7.97. The third-order valence-electron chi connectivity index (χ3n) is 6.03. The van der Waals surface area contributed by atoms with Gasteiger partial charge in [-0.05, 0) is 29.8 Å². The highest BCUT2D eigenvalue weighted by Gasteiger charge is 2.45. The van der Waals surface area contributed by atoms with Crippen LogP contribution in [-0.4, -0.2) is 73.2 Å². The molecule has 0 aliphatic carbocycles. The first-order chi connectivity index (χ1) is 15.6. The molecule has 1 aromatic carbocycles. The summed E-state index contributed by atoms with van der Waals surface area (Å²) in [5.41, 5.74) is 1.26. The van der Waals surface area contributed by atoms with E-state index in [1.807, 2.05) is 0 Å². The van der Waals surface area contributed by atoms with Crippen molar-refractivity contribution in [2.24, 2.45) is 0 Å². The van der Waals surface area contributed by atoms with Gasteiger partial charge in [-0.3, -0.25) is 14.6 Å². The molecule has 0 radical (unpaired) electrons. The van der Waals surface area contributed by atoms with E-state index in [4.69, 9.17) is 9.47 Å². The number of benzene rings is 1. The lowest BCUT2D eigenvalue weighted by molar-refractivity contribution is -0.908. The van der Waals surface area contributed by atoms with Gasteiger partial charge in [0.05, 0.1) is 38.5 Å². The van der Waals surface area contributed by atoms with Crippen LogP contribution in [0.2, 0.25) is 0 Å². The predicted octanol–water partition coefficient (Wildman–Crippen LogP) is 0.817. The molecule has 1 atom stereocenters. The molecular formula is C24H28N3O5+. The van der Waals surface area contributed by atoms with Gasteiger partial charge in [0.15, 0.2) is 0 Å². The number of carbonyl (C=O) groups excluding carboxylic acids is 2. The Hall–Kier alpha value is -3.23. The zero-order valence-electron chi connectivity index (χ0n) is 18.1. The molecule has 0 spiro atoms. The number of aromatic nitrogens is 1. The summed E-state index contributed by atoms with van der Waals surface area (Å²) in [6.07, 6.45) is 4.00. The fourth-order valence-electron chi connectivity index (χ4n) is 4.34. The molecule has 4 rings (SSSR count). The number of ether oxygens (including phenoxy) is 2. The molecular weight excluding hydrogens is 410 g/mol. The van der Waals surface area contributed by atoms with Crippen molar-refractivity contribution >= 4 is 17.4 Å². The highest BCUT2D eigenvalue weighted by Crippen LogP contribution is 2.39. The maximum Gasteiger partial charge on any atom is 0.295 e. The summed E-state index contributed by atoms with van der Waals surface area (Å²) in [5.74, 6) is -0.915. The van der Waals surface area contributed by atoms with Gasteiger partial charge in [-0.25, -0.2) is 0 Å². The average Bonchev–Trinajstić information content (AvgIpc) is 3.10. The number of amides is 1. The van der Waals surface area contributed by atoms with Crippen LogP contribution in [0.4, 0.5) is 0 Å². The number of likely N-dealkylation sites (tertiary alicyclic amines) is 1. The number of Topliss-reactive ketones (excluding diaryl/α,β-unsaturated/α-hetero) is 1. The van der Waals surface area contributed by atoms with E-state index in [-0.39, 0.29) is 11.3 Å². The molecule has 2 fully saturated rings. The topological polar surface area (TPSA) is 93.4 Å². The molecule has 2 aliphatic rings. The van der Waals surface area contributed by atoms with Gasteiger partial charge in [0.2, 0.25) is 0 Å². The first-order valence-electron chi connectivity index (χ1n) is 10.8. The third-order valence-corrected chi connectivity index (χ3v) is 6.03. The maximum absolute atomic E-state index is 13.1. The minimum absolute atomic E-state index is 0.0909. The number of quaternary nitrogens is 1. The number of nitrogens with one attached hydrogen (secondary N) is 1. The lowest BCUT2D eigenvalue weighted by Crippen LogP contribution is -3.14. The fraction of sp³-hybridized carbons (Fsp3) is 0.375. The minimum Gasteiger partial charge on any atom is -0.507 e. The molecule has 0 saturated carbocycles. The molecule has 32 heavy (non-hydrogen) atoms. The van der Waals surface area contributed by atoms with Gasteiger partial charge in [0.25, 0.3) is 11.7 Å². The van der Waals surface area contributed by atoms with Crippen molar-refractivity contribution < 1.29 is 29.1 Å². The van der Waals surface area contributed by atoms with E-state index >= 15 is 0 Å². The van der Waals surface area contributed by atoms with Gasteiger partial charge < -0.3 is 24.4 Å². The van der Waals surface area contributed by atoms with Crippen molar-refractivity contribution in [3.05, 3.63) is 65.5 Å². The largest absolute Gasteiger partial charge is 0.507 e. The molecule has 2 saturated heterocycles. The molecule has 8 heteroatoms. The van der Waals surface area contributed by atoms with Gasteiger partial charge >= 0.3 is 0 Å². The van der Waals surface area contributed by atoms with E-state index in [0.717, 1.165) is 44.8 Å². The van der Waals surface area contributed by atoms with E-state index in [1.165, 1.54) is 12.0 Å². The van der Waals surface area contributed by atoms with Crippen LogP contribution in [0.1, 0.15) is 23.6 Å². The van der Waals surface area contributed by atoms with Crippen molar-refractivity contribution in [3.63, 3.8) is 0 Å². The first kappa shape index (κ1) is 22.0.